The highest BCUT2D eigenvalue weighted by atomic mass is 32.1. The molecular weight excluding hydrogens is 396 g/mol. The highest BCUT2D eigenvalue weighted by Gasteiger charge is 2.21. The highest BCUT2D eigenvalue weighted by Crippen LogP contribution is 2.34. The fourth-order valence-electron chi connectivity index (χ4n) is 3.27. The SMILES string of the molecule is COc1ccc(C)cc1C(=O)C=Cc1csc(N(C(C)=O)c2c(C)cccc2C)n1. The summed E-state index contributed by atoms with van der Waals surface area (Å²) in [4.78, 5) is 31.3. The van der Waals surface area contributed by atoms with E-state index in [0.717, 1.165) is 22.4 Å². The summed E-state index contributed by atoms with van der Waals surface area (Å²) in [6, 6.07) is 11.4. The van der Waals surface area contributed by atoms with Crippen LogP contribution in [0.25, 0.3) is 6.08 Å². The summed E-state index contributed by atoms with van der Waals surface area (Å²) in [7, 11) is 1.54. The van der Waals surface area contributed by atoms with Crippen molar-refractivity contribution in [2.45, 2.75) is 27.7 Å². The molecule has 1 amide bonds. The molecule has 0 bridgehead atoms. The maximum Gasteiger partial charge on any atom is 0.230 e. The van der Waals surface area contributed by atoms with E-state index in [-0.39, 0.29) is 11.7 Å². The molecule has 5 nitrogen and oxygen atoms in total. The molecular formula is C24H24N2O3S. The number of rotatable bonds is 6. The van der Waals surface area contributed by atoms with E-state index in [1.807, 2.05) is 50.4 Å². The Morgan fingerprint density at radius 3 is 2.43 bits per heavy atom. The number of ketones is 1. The van der Waals surface area contributed by atoms with Crippen molar-refractivity contribution in [3.05, 3.63) is 75.8 Å². The van der Waals surface area contributed by atoms with Crippen LogP contribution in [0.1, 0.15) is 39.7 Å². The van der Waals surface area contributed by atoms with Gasteiger partial charge in [0.25, 0.3) is 0 Å². The minimum absolute atomic E-state index is 0.113. The second-order valence-corrected chi connectivity index (χ2v) is 7.89. The van der Waals surface area contributed by atoms with E-state index in [0.29, 0.717) is 22.1 Å². The first-order valence-electron chi connectivity index (χ1n) is 9.51. The van der Waals surface area contributed by atoms with Crippen molar-refractivity contribution < 1.29 is 14.3 Å². The fourth-order valence-corrected chi connectivity index (χ4v) is 4.11. The molecule has 0 spiro atoms. The maximum atomic E-state index is 12.7. The van der Waals surface area contributed by atoms with E-state index >= 15 is 0 Å². The summed E-state index contributed by atoms with van der Waals surface area (Å²) >= 11 is 1.36. The van der Waals surface area contributed by atoms with Gasteiger partial charge >= 0.3 is 0 Å². The second-order valence-electron chi connectivity index (χ2n) is 7.05. The number of allylic oxidation sites excluding steroid dienone is 1. The Morgan fingerprint density at radius 1 is 1.10 bits per heavy atom. The van der Waals surface area contributed by atoms with Gasteiger partial charge in [-0.25, -0.2) is 4.98 Å². The van der Waals surface area contributed by atoms with Crippen LogP contribution in [-0.2, 0) is 4.79 Å². The smallest absolute Gasteiger partial charge is 0.230 e. The van der Waals surface area contributed by atoms with E-state index in [2.05, 4.69) is 4.98 Å². The van der Waals surface area contributed by atoms with Gasteiger partial charge in [-0.05, 0) is 56.2 Å². The molecule has 2 aromatic carbocycles. The van der Waals surface area contributed by atoms with Crippen LogP contribution in [0.5, 0.6) is 5.75 Å². The monoisotopic (exact) mass is 420 g/mol. The third-order valence-electron chi connectivity index (χ3n) is 4.71. The number of amides is 1. The molecule has 0 saturated heterocycles. The number of aromatic nitrogens is 1. The molecule has 1 aromatic heterocycles. The number of anilines is 2. The molecule has 6 heteroatoms. The number of hydrogen-bond donors (Lipinski definition) is 0. The first-order valence-corrected chi connectivity index (χ1v) is 10.4. The van der Waals surface area contributed by atoms with Crippen LogP contribution in [0.2, 0.25) is 0 Å². The Balaban J connectivity index is 1.89. The number of nitrogens with zero attached hydrogens (tertiary/aromatic N) is 2. The summed E-state index contributed by atoms with van der Waals surface area (Å²) in [6.45, 7) is 7.40. The lowest BCUT2D eigenvalue weighted by Gasteiger charge is -2.22. The van der Waals surface area contributed by atoms with Crippen LogP contribution in [0, 0.1) is 20.8 Å². The van der Waals surface area contributed by atoms with E-state index in [1.165, 1.54) is 24.3 Å². The number of carbonyl (C=O) groups is 2. The first-order chi connectivity index (χ1) is 14.3. The van der Waals surface area contributed by atoms with Gasteiger partial charge in [-0.2, -0.15) is 0 Å². The van der Waals surface area contributed by atoms with Gasteiger partial charge in [0.15, 0.2) is 10.9 Å². The predicted octanol–water partition coefficient (Wildman–Crippen LogP) is 5.66. The summed E-state index contributed by atoms with van der Waals surface area (Å²) in [6.07, 6.45) is 3.14. The minimum atomic E-state index is -0.164. The molecule has 0 atom stereocenters. The van der Waals surface area contributed by atoms with E-state index in [1.54, 1.807) is 30.2 Å². The maximum absolute atomic E-state index is 12.7. The zero-order valence-electron chi connectivity index (χ0n) is 17.7. The van der Waals surface area contributed by atoms with E-state index in [9.17, 15) is 9.59 Å². The number of aryl methyl sites for hydroxylation is 3. The third kappa shape index (κ3) is 4.49. The van der Waals surface area contributed by atoms with Crippen LogP contribution >= 0.6 is 11.3 Å². The summed E-state index contributed by atoms with van der Waals surface area (Å²) in [5.74, 6) is 0.258. The molecule has 0 N–H and O–H groups in total. The lowest BCUT2D eigenvalue weighted by Crippen LogP contribution is -2.24. The Bertz CT molecular complexity index is 1110. The van der Waals surface area contributed by atoms with E-state index < -0.39 is 0 Å². The molecule has 0 aliphatic carbocycles. The zero-order chi connectivity index (χ0) is 21.8. The molecule has 30 heavy (non-hydrogen) atoms. The molecule has 3 aromatic rings. The minimum Gasteiger partial charge on any atom is -0.496 e. The van der Waals surface area contributed by atoms with Crippen molar-refractivity contribution >= 4 is 39.9 Å². The Hall–Kier alpha value is -3.25. The van der Waals surface area contributed by atoms with Gasteiger partial charge in [0.05, 0.1) is 24.1 Å². The number of benzene rings is 2. The number of methoxy groups -OCH3 is 1. The third-order valence-corrected chi connectivity index (χ3v) is 5.55. The van der Waals surface area contributed by atoms with Crippen LogP contribution in [0.15, 0.2) is 47.9 Å². The van der Waals surface area contributed by atoms with Crippen molar-refractivity contribution in [2.24, 2.45) is 0 Å². The molecule has 0 unspecified atom stereocenters. The second kappa shape index (κ2) is 9.05. The summed E-state index contributed by atoms with van der Waals surface area (Å²) in [5.41, 5.74) is 4.95. The normalized spacial score (nSPS) is 11.0. The van der Waals surface area contributed by atoms with Crippen LogP contribution in [0.3, 0.4) is 0 Å². The van der Waals surface area contributed by atoms with Crippen molar-refractivity contribution in [3.8, 4) is 5.75 Å². The van der Waals surface area contributed by atoms with Crippen molar-refractivity contribution in [2.75, 3.05) is 12.0 Å². The fraction of sp³-hybridized carbons (Fsp3) is 0.208. The van der Waals surface area contributed by atoms with Gasteiger partial charge in [0.1, 0.15) is 5.75 Å². The van der Waals surface area contributed by atoms with Gasteiger partial charge in [-0.1, -0.05) is 29.8 Å². The topological polar surface area (TPSA) is 59.5 Å². The van der Waals surface area contributed by atoms with Crippen LogP contribution in [-0.4, -0.2) is 23.8 Å². The molecule has 0 aliphatic rings. The molecule has 3 rings (SSSR count). The number of ether oxygens (including phenoxy) is 1. The number of hydrogen-bond acceptors (Lipinski definition) is 5. The average molecular weight is 421 g/mol. The first kappa shape index (κ1) is 21.5. The Kier molecular flexibility index (Phi) is 6.47. The number of para-hydroxylation sites is 1. The largest absolute Gasteiger partial charge is 0.496 e. The molecule has 154 valence electrons. The van der Waals surface area contributed by atoms with Gasteiger partial charge in [0, 0.05) is 12.3 Å². The average Bonchev–Trinajstić information content (AvgIpc) is 3.17. The predicted molar refractivity (Wildman–Crippen MR) is 122 cm³/mol. The Morgan fingerprint density at radius 2 is 1.80 bits per heavy atom. The molecule has 0 radical (unpaired) electrons. The molecule has 1 heterocycles. The van der Waals surface area contributed by atoms with Gasteiger partial charge in [-0.3, -0.25) is 14.5 Å². The highest BCUT2D eigenvalue weighted by molar-refractivity contribution is 7.14. The van der Waals surface area contributed by atoms with Crippen molar-refractivity contribution in [1.29, 1.82) is 0 Å². The van der Waals surface area contributed by atoms with Gasteiger partial charge in [-0.15, -0.1) is 11.3 Å². The Labute approximate surface area is 180 Å². The standard InChI is InChI=1S/C24H24N2O3S/c1-15-9-12-22(29-5)20(13-15)21(28)11-10-19-14-30-24(25-19)26(18(4)27)23-16(2)7-6-8-17(23)3/h6-14H,1-5H3. The van der Waals surface area contributed by atoms with Gasteiger partial charge < -0.3 is 4.74 Å². The van der Waals surface area contributed by atoms with Crippen molar-refractivity contribution in [3.63, 3.8) is 0 Å². The number of carbonyl (C=O) groups excluding carboxylic acids is 2. The molecule has 0 fully saturated rings. The zero-order valence-corrected chi connectivity index (χ0v) is 18.5. The molecule has 0 aliphatic heterocycles. The van der Waals surface area contributed by atoms with Crippen molar-refractivity contribution in [1.82, 2.24) is 4.98 Å². The van der Waals surface area contributed by atoms with E-state index in [4.69, 9.17) is 4.74 Å². The quantitative estimate of drug-likeness (QED) is 0.381. The van der Waals surface area contributed by atoms with Gasteiger partial charge in [0.2, 0.25) is 5.91 Å². The summed E-state index contributed by atoms with van der Waals surface area (Å²) in [5, 5.41) is 2.40. The van der Waals surface area contributed by atoms with Crippen LogP contribution < -0.4 is 9.64 Å². The lowest BCUT2D eigenvalue weighted by molar-refractivity contribution is -0.115. The lowest BCUT2D eigenvalue weighted by atomic mass is 10.1. The molecule has 0 saturated carbocycles. The van der Waals surface area contributed by atoms with Crippen LogP contribution in [0.4, 0.5) is 10.8 Å². The summed E-state index contributed by atoms with van der Waals surface area (Å²) < 4.78 is 5.29. The number of thiazole rings is 1.